The minimum absolute atomic E-state index is 0.0522. The Hall–Kier alpha value is -0.590. The van der Waals surface area contributed by atoms with Crippen LogP contribution in [0.15, 0.2) is 24.3 Å². The summed E-state index contributed by atoms with van der Waals surface area (Å²) in [5.41, 5.74) is 1.41. The largest absolute Gasteiger partial charge is 0.372 e. The third-order valence-corrected chi connectivity index (χ3v) is 4.47. The molecular formula is C14H22NOP. The van der Waals surface area contributed by atoms with Crippen LogP contribution in [0.4, 0.5) is 5.69 Å². The van der Waals surface area contributed by atoms with Gasteiger partial charge in [0.2, 0.25) is 0 Å². The second-order valence-corrected chi connectivity index (χ2v) is 7.32. The van der Waals surface area contributed by atoms with Crippen molar-refractivity contribution < 1.29 is 4.74 Å². The van der Waals surface area contributed by atoms with Gasteiger partial charge in [0.1, 0.15) is 0 Å². The Morgan fingerprint density at radius 2 is 1.71 bits per heavy atom. The zero-order chi connectivity index (χ0) is 12.4. The van der Waals surface area contributed by atoms with Gasteiger partial charge in [0.15, 0.2) is 0 Å². The van der Waals surface area contributed by atoms with Gasteiger partial charge in [0.25, 0.3) is 0 Å². The monoisotopic (exact) mass is 251 g/mol. The molecule has 0 amide bonds. The quantitative estimate of drug-likeness (QED) is 0.749. The normalized spacial score (nSPS) is 25.4. The summed E-state index contributed by atoms with van der Waals surface area (Å²) in [5, 5.41) is 1.50. The molecule has 1 aliphatic rings. The minimum Gasteiger partial charge on any atom is -0.372 e. The Balaban J connectivity index is 2.27. The van der Waals surface area contributed by atoms with E-state index < -0.39 is 0 Å². The Labute approximate surface area is 106 Å². The summed E-state index contributed by atoms with van der Waals surface area (Å²) in [6.07, 6.45) is 0.651. The topological polar surface area (TPSA) is 12.5 Å². The van der Waals surface area contributed by atoms with Crippen LogP contribution in [0, 0.1) is 0 Å². The van der Waals surface area contributed by atoms with Crippen molar-refractivity contribution in [2.75, 3.05) is 31.3 Å². The molecule has 0 spiro atoms. The van der Waals surface area contributed by atoms with Gasteiger partial charge in [-0.25, -0.2) is 0 Å². The van der Waals surface area contributed by atoms with Gasteiger partial charge in [0.05, 0.1) is 12.2 Å². The van der Waals surface area contributed by atoms with Crippen molar-refractivity contribution in [1.82, 2.24) is 0 Å². The average molecular weight is 251 g/mol. The van der Waals surface area contributed by atoms with Gasteiger partial charge < -0.3 is 9.64 Å². The number of nitrogens with zero attached hydrogens (tertiary/aromatic N) is 1. The SMILES string of the molecule is CC1CN(c2ccccc2P(C)C)CC(C)O1. The number of rotatable bonds is 2. The zero-order valence-corrected chi connectivity index (χ0v) is 12.1. The van der Waals surface area contributed by atoms with Gasteiger partial charge >= 0.3 is 0 Å². The van der Waals surface area contributed by atoms with Crippen LogP contribution < -0.4 is 10.2 Å². The summed E-state index contributed by atoms with van der Waals surface area (Å²) in [6.45, 7) is 11.0. The van der Waals surface area contributed by atoms with Crippen LogP contribution >= 0.6 is 7.92 Å². The van der Waals surface area contributed by atoms with Crippen molar-refractivity contribution in [3.8, 4) is 0 Å². The molecule has 0 aromatic heterocycles. The molecule has 0 N–H and O–H groups in total. The van der Waals surface area contributed by atoms with Crippen LogP contribution in [-0.2, 0) is 4.74 Å². The smallest absolute Gasteiger partial charge is 0.0726 e. The van der Waals surface area contributed by atoms with E-state index in [0.29, 0.717) is 12.2 Å². The van der Waals surface area contributed by atoms with Crippen molar-refractivity contribution in [1.29, 1.82) is 0 Å². The first kappa shape index (κ1) is 12.9. The maximum atomic E-state index is 5.80. The van der Waals surface area contributed by atoms with Crippen molar-refractivity contribution in [3.63, 3.8) is 0 Å². The molecule has 2 rings (SSSR count). The van der Waals surface area contributed by atoms with Gasteiger partial charge in [-0.3, -0.25) is 0 Å². The number of benzene rings is 1. The molecule has 1 heterocycles. The molecule has 2 unspecified atom stereocenters. The molecule has 0 bridgehead atoms. The lowest BCUT2D eigenvalue weighted by Gasteiger charge is -2.38. The number of hydrogen-bond donors (Lipinski definition) is 0. The highest BCUT2D eigenvalue weighted by atomic mass is 31.1. The van der Waals surface area contributed by atoms with Crippen molar-refractivity contribution in [2.45, 2.75) is 26.1 Å². The van der Waals surface area contributed by atoms with Crippen LogP contribution in [-0.4, -0.2) is 38.6 Å². The van der Waals surface area contributed by atoms with E-state index in [2.05, 4.69) is 56.3 Å². The number of hydrogen-bond acceptors (Lipinski definition) is 2. The molecule has 94 valence electrons. The second kappa shape index (κ2) is 5.37. The number of anilines is 1. The lowest BCUT2D eigenvalue weighted by molar-refractivity contribution is -0.00515. The highest BCUT2D eigenvalue weighted by Crippen LogP contribution is 2.31. The van der Waals surface area contributed by atoms with E-state index in [0.717, 1.165) is 13.1 Å². The van der Waals surface area contributed by atoms with Gasteiger partial charge in [0, 0.05) is 18.8 Å². The molecule has 0 saturated carbocycles. The minimum atomic E-state index is -0.0522. The molecule has 1 aromatic carbocycles. The first-order valence-electron chi connectivity index (χ1n) is 6.24. The molecule has 1 aliphatic heterocycles. The zero-order valence-electron chi connectivity index (χ0n) is 11.2. The molecule has 2 nitrogen and oxygen atoms in total. The lowest BCUT2D eigenvalue weighted by atomic mass is 10.2. The number of ether oxygens (including phenoxy) is 1. The van der Waals surface area contributed by atoms with E-state index in [-0.39, 0.29) is 7.92 Å². The summed E-state index contributed by atoms with van der Waals surface area (Å²) in [7, 11) is -0.0522. The Kier molecular flexibility index (Phi) is 4.06. The summed E-state index contributed by atoms with van der Waals surface area (Å²) in [6, 6.07) is 8.81. The maximum absolute atomic E-state index is 5.80. The highest BCUT2D eigenvalue weighted by molar-refractivity contribution is 7.64. The summed E-state index contributed by atoms with van der Waals surface area (Å²) in [4.78, 5) is 2.48. The van der Waals surface area contributed by atoms with Crippen LogP contribution in [0.5, 0.6) is 0 Å². The molecule has 0 aliphatic carbocycles. The molecule has 2 atom stereocenters. The fourth-order valence-electron chi connectivity index (χ4n) is 2.48. The molecule has 1 fully saturated rings. The Morgan fingerprint density at radius 3 is 2.29 bits per heavy atom. The predicted octanol–water partition coefficient (Wildman–Crippen LogP) is 2.67. The molecule has 3 heteroatoms. The van der Waals surface area contributed by atoms with Gasteiger partial charge in [-0.2, -0.15) is 0 Å². The number of para-hydroxylation sites is 1. The fourth-order valence-corrected chi connectivity index (χ4v) is 3.54. The second-order valence-electron chi connectivity index (χ2n) is 5.05. The van der Waals surface area contributed by atoms with E-state index in [9.17, 15) is 0 Å². The molecule has 0 radical (unpaired) electrons. The average Bonchev–Trinajstić information content (AvgIpc) is 2.27. The Bertz CT molecular complexity index is 370. The predicted molar refractivity (Wildman–Crippen MR) is 77.1 cm³/mol. The molecule has 1 saturated heterocycles. The standard InChI is InChI=1S/C14H22NOP/c1-11-9-15(10-12(2)16-11)13-7-5-6-8-14(13)17(3)4/h5-8,11-12H,9-10H2,1-4H3. The van der Waals surface area contributed by atoms with Gasteiger partial charge in [-0.15, -0.1) is 0 Å². The Morgan fingerprint density at radius 1 is 1.12 bits per heavy atom. The summed E-state index contributed by atoms with van der Waals surface area (Å²) >= 11 is 0. The van der Waals surface area contributed by atoms with Gasteiger partial charge in [-0.05, 0) is 38.5 Å². The van der Waals surface area contributed by atoms with Crippen LogP contribution in [0.2, 0.25) is 0 Å². The van der Waals surface area contributed by atoms with Crippen LogP contribution in [0.25, 0.3) is 0 Å². The van der Waals surface area contributed by atoms with Crippen LogP contribution in [0.1, 0.15) is 13.8 Å². The molecular weight excluding hydrogens is 229 g/mol. The van der Waals surface area contributed by atoms with Crippen molar-refractivity contribution in [3.05, 3.63) is 24.3 Å². The third kappa shape index (κ3) is 3.00. The first-order valence-corrected chi connectivity index (χ1v) is 8.48. The van der Waals surface area contributed by atoms with E-state index in [1.807, 2.05) is 0 Å². The van der Waals surface area contributed by atoms with E-state index in [1.165, 1.54) is 11.0 Å². The lowest BCUT2D eigenvalue weighted by Crippen LogP contribution is -2.46. The van der Waals surface area contributed by atoms with Crippen molar-refractivity contribution >= 4 is 18.9 Å². The summed E-state index contributed by atoms with van der Waals surface area (Å²) < 4.78 is 5.80. The van der Waals surface area contributed by atoms with Crippen molar-refractivity contribution in [2.24, 2.45) is 0 Å². The summed E-state index contributed by atoms with van der Waals surface area (Å²) in [5.74, 6) is 0. The van der Waals surface area contributed by atoms with Crippen LogP contribution in [0.3, 0.4) is 0 Å². The van der Waals surface area contributed by atoms with E-state index >= 15 is 0 Å². The van der Waals surface area contributed by atoms with Gasteiger partial charge in [-0.1, -0.05) is 26.1 Å². The molecule has 17 heavy (non-hydrogen) atoms. The van der Waals surface area contributed by atoms with E-state index in [4.69, 9.17) is 4.74 Å². The maximum Gasteiger partial charge on any atom is 0.0726 e. The fraction of sp³-hybridized carbons (Fsp3) is 0.571. The third-order valence-electron chi connectivity index (χ3n) is 3.12. The first-order chi connectivity index (χ1) is 8.08. The highest BCUT2D eigenvalue weighted by Gasteiger charge is 2.24. The molecule has 1 aromatic rings. The van der Waals surface area contributed by atoms with E-state index in [1.54, 1.807) is 0 Å². The number of morpholine rings is 1.